The minimum Gasteiger partial charge on any atom is -0.284 e. The van der Waals surface area contributed by atoms with Crippen molar-refractivity contribution in [2.45, 2.75) is 0 Å². The zero-order chi connectivity index (χ0) is 11.0. The maximum atomic E-state index is 8.95. The van der Waals surface area contributed by atoms with Crippen molar-refractivity contribution in [1.82, 2.24) is 9.55 Å². The third-order valence-corrected chi connectivity index (χ3v) is 3.39. The number of thiazole rings is 1. The van der Waals surface area contributed by atoms with Gasteiger partial charge in [0.25, 0.3) is 0 Å². The molecule has 2 heterocycles. The molecule has 0 aliphatic carbocycles. The van der Waals surface area contributed by atoms with Crippen LogP contribution in [0, 0.1) is 11.3 Å². The highest BCUT2D eigenvalue weighted by atomic mass is 32.1. The Morgan fingerprint density at radius 2 is 2.06 bits per heavy atom. The van der Waals surface area contributed by atoms with Crippen LogP contribution in [0.3, 0.4) is 0 Å². The van der Waals surface area contributed by atoms with E-state index in [0.717, 1.165) is 15.3 Å². The number of nitrogens with zero attached hydrogens (tertiary/aromatic N) is 3. The molecule has 0 radical (unpaired) electrons. The first-order valence-electron chi connectivity index (χ1n) is 4.82. The van der Waals surface area contributed by atoms with Gasteiger partial charge in [-0.2, -0.15) is 5.26 Å². The molecule has 3 nitrogen and oxygen atoms in total. The number of aromatic nitrogens is 2. The molecule has 1 aromatic carbocycles. The first-order valence-corrected chi connectivity index (χ1v) is 5.63. The SMILES string of the molecule is N#Cc1cccn1-c1nc2ccccc2s1. The Morgan fingerprint density at radius 3 is 2.88 bits per heavy atom. The summed E-state index contributed by atoms with van der Waals surface area (Å²) in [7, 11) is 0. The Kier molecular flexibility index (Phi) is 1.98. The molecule has 0 aliphatic rings. The molecule has 0 aliphatic heterocycles. The third kappa shape index (κ3) is 1.30. The van der Waals surface area contributed by atoms with Gasteiger partial charge in [0.15, 0.2) is 5.13 Å². The molecule has 3 aromatic rings. The summed E-state index contributed by atoms with van der Waals surface area (Å²) in [5.74, 6) is 0. The fourth-order valence-electron chi connectivity index (χ4n) is 1.60. The van der Waals surface area contributed by atoms with Crippen molar-refractivity contribution < 1.29 is 0 Å². The Labute approximate surface area is 96.2 Å². The molecule has 4 heteroatoms. The zero-order valence-corrected chi connectivity index (χ0v) is 9.11. The van der Waals surface area contributed by atoms with Crippen molar-refractivity contribution in [3.8, 4) is 11.2 Å². The van der Waals surface area contributed by atoms with Gasteiger partial charge in [-0.05, 0) is 24.3 Å². The molecule has 2 aromatic heterocycles. The first-order chi connectivity index (χ1) is 7.88. The molecule has 0 spiro atoms. The van der Waals surface area contributed by atoms with Crippen LogP contribution in [0.4, 0.5) is 0 Å². The highest BCUT2D eigenvalue weighted by Gasteiger charge is 2.07. The molecule has 0 atom stereocenters. The van der Waals surface area contributed by atoms with Crippen LogP contribution in [0.15, 0.2) is 42.6 Å². The first kappa shape index (κ1) is 9.13. The lowest BCUT2D eigenvalue weighted by Gasteiger charge is -1.96. The second-order valence-electron chi connectivity index (χ2n) is 3.34. The number of hydrogen-bond donors (Lipinski definition) is 0. The lowest BCUT2D eigenvalue weighted by atomic mass is 10.3. The molecule has 0 saturated heterocycles. The Morgan fingerprint density at radius 1 is 1.19 bits per heavy atom. The maximum Gasteiger partial charge on any atom is 0.195 e. The lowest BCUT2D eigenvalue weighted by molar-refractivity contribution is 1.03. The van der Waals surface area contributed by atoms with Crippen molar-refractivity contribution in [3.05, 3.63) is 48.3 Å². The van der Waals surface area contributed by atoms with E-state index in [1.54, 1.807) is 17.4 Å². The highest BCUT2D eigenvalue weighted by molar-refractivity contribution is 7.20. The van der Waals surface area contributed by atoms with E-state index in [9.17, 15) is 0 Å². The number of para-hydroxylation sites is 1. The molecule has 0 fully saturated rings. The summed E-state index contributed by atoms with van der Waals surface area (Å²) in [5.41, 5.74) is 1.58. The summed E-state index contributed by atoms with van der Waals surface area (Å²) in [4.78, 5) is 4.49. The summed E-state index contributed by atoms with van der Waals surface area (Å²) in [6.07, 6.45) is 1.86. The van der Waals surface area contributed by atoms with Crippen molar-refractivity contribution in [3.63, 3.8) is 0 Å². The van der Waals surface area contributed by atoms with Gasteiger partial charge in [0.1, 0.15) is 11.8 Å². The van der Waals surface area contributed by atoms with E-state index in [-0.39, 0.29) is 0 Å². The molecule has 0 saturated carbocycles. The third-order valence-electron chi connectivity index (χ3n) is 2.35. The Hall–Kier alpha value is -2.12. The molecule has 3 rings (SSSR count). The molecule has 76 valence electrons. The molecule has 0 N–H and O–H groups in total. The summed E-state index contributed by atoms with van der Waals surface area (Å²) in [6.45, 7) is 0. The van der Waals surface area contributed by atoms with E-state index < -0.39 is 0 Å². The largest absolute Gasteiger partial charge is 0.284 e. The summed E-state index contributed by atoms with van der Waals surface area (Å²) >= 11 is 1.59. The van der Waals surface area contributed by atoms with E-state index in [2.05, 4.69) is 11.1 Å². The number of fused-ring (bicyclic) bond motifs is 1. The minimum absolute atomic E-state index is 0.610. The van der Waals surface area contributed by atoms with Crippen LogP contribution in [0.2, 0.25) is 0 Å². The van der Waals surface area contributed by atoms with Gasteiger partial charge >= 0.3 is 0 Å². The van der Waals surface area contributed by atoms with Crippen LogP contribution >= 0.6 is 11.3 Å². The van der Waals surface area contributed by atoms with Gasteiger partial charge in [-0.15, -0.1) is 0 Å². The summed E-state index contributed by atoms with van der Waals surface area (Å²) in [6, 6.07) is 13.8. The zero-order valence-electron chi connectivity index (χ0n) is 8.29. The van der Waals surface area contributed by atoms with Gasteiger partial charge in [0.05, 0.1) is 10.2 Å². The van der Waals surface area contributed by atoms with Crippen LogP contribution in [-0.4, -0.2) is 9.55 Å². The predicted molar refractivity (Wildman–Crippen MR) is 63.7 cm³/mol. The van der Waals surface area contributed by atoms with Crippen molar-refractivity contribution in [1.29, 1.82) is 5.26 Å². The van der Waals surface area contributed by atoms with E-state index in [1.807, 2.05) is 41.1 Å². The average molecular weight is 225 g/mol. The number of benzene rings is 1. The Bertz CT molecular complexity index is 654. The van der Waals surface area contributed by atoms with Crippen molar-refractivity contribution in [2.24, 2.45) is 0 Å². The maximum absolute atomic E-state index is 8.95. The highest BCUT2D eigenvalue weighted by Crippen LogP contribution is 2.25. The second-order valence-corrected chi connectivity index (χ2v) is 4.35. The smallest absolute Gasteiger partial charge is 0.195 e. The van der Waals surface area contributed by atoms with E-state index in [0.29, 0.717) is 5.69 Å². The quantitative estimate of drug-likeness (QED) is 0.639. The van der Waals surface area contributed by atoms with E-state index in [1.165, 1.54) is 0 Å². The van der Waals surface area contributed by atoms with Gasteiger partial charge in [0.2, 0.25) is 0 Å². The van der Waals surface area contributed by atoms with Gasteiger partial charge in [0, 0.05) is 6.20 Å². The predicted octanol–water partition coefficient (Wildman–Crippen LogP) is 2.96. The molecular formula is C12H7N3S. The average Bonchev–Trinajstić information content (AvgIpc) is 2.94. The van der Waals surface area contributed by atoms with Crippen LogP contribution < -0.4 is 0 Å². The molecule has 16 heavy (non-hydrogen) atoms. The molecule has 0 unspecified atom stereocenters. The second kappa shape index (κ2) is 3.47. The Balaban J connectivity index is 2.24. The van der Waals surface area contributed by atoms with Gasteiger partial charge in [-0.25, -0.2) is 4.98 Å². The van der Waals surface area contributed by atoms with Gasteiger partial charge in [-0.3, -0.25) is 4.57 Å². The fourth-order valence-corrected chi connectivity index (χ4v) is 2.56. The minimum atomic E-state index is 0.610. The monoisotopic (exact) mass is 225 g/mol. The van der Waals surface area contributed by atoms with Crippen LogP contribution in [0.25, 0.3) is 15.3 Å². The number of nitriles is 1. The van der Waals surface area contributed by atoms with E-state index >= 15 is 0 Å². The topological polar surface area (TPSA) is 41.6 Å². The van der Waals surface area contributed by atoms with Crippen molar-refractivity contribution in [2.75, 3.05) is 0 Å². The van der Waals surface area contributed by atoms with Crippen LogP contribution in [-0.2, 0) is 0 Å². The molecule has 0 amide bonds. The summed E-state index contributed by atoms with van der Waals surface area (Å²) < 4.78 is 2.94. The van der Waals surface area contributed by atoms with Crippen molar-refractivity contribution >= 4 is 21.6 Å². The van der Waals surface area contributed by atoms with E-state index in [4.69, 9.17) is 5.26 Å². The summed E-state index contributed by atoms with van der Waals surface area (Å²) in [5, 5.41) is 9.79. The number of rotatable bonds is 1. The lowest BCUT2D eigenvalue weighted by Crippen LogP contribution is -1.93. The van der Waals surface area contributed by atoms with Gasteiger partial charge < -0.3 is 0 Å². The number of hydrogen-bond acceptors (Lipinski definition) is 3. The molecular weight excluding hydrogens is 218 g/mol. The fraction of sp³-hybridized carbons (Fsp3) is 0. The standard InChI is InChI=1S/C12H7N3S/c13-8-9-4-3-7-15(9)12-14-10-5-1-2-6-11(10)16-12/h1-7H. The van der Waals surface area contributed by atoms with Gasteiger partial charge in [-0.1, -0.05) is 23.5 Å². The van der Waals surface area contributed by atoms with Crippen LogP contribution in [0.1, 0.15) is 5.69 Å². The normalized spacial score (nSPS) is 10.4. The van der Waals surface area contributed by atoms with Crippen LogP contribution in [0.5, 0.6) is 0 Å². The molecule has 0 bridgehead atoms.